The third-order valence-corrected chi connectivity index (χ3v) is 3.96. The molecule has 0 fully saturated rings. The van der Waals surface area contributed by atoms with E-state index >= 15 is 0 Å². The summed E-state index contributed by atoms with van der Waals surface area (Å²) < 4.78 is 1.62. The number of allylic oxidation sites excluding steroid dienone is 4. The summed E-state index contributed by atoms with van der Waals surface area (Å²) in [6, 6.07) is 8.76. The molecule has 0 saturated carbocycles. The average molecular weight is 407 g/mol. The molecule has 0 aliphatic heterocycles. The molecule has 0 heterocycles. The van der Waals surface area contributed by atoms with E-state index in [1.807, 2.05) is 0 Å². The van der Waals surface area contributed by atoms with Crippen LogP contribution in [0.25, 0.3) is 5.57 Å². The summed E-state index contributed by atoms with van der Waals surface area (Å²) in [5, 5.41) is 0. The van der Waals surface area contributed by atoms with Crippen LogP contribution >= 0.6 is 24.8 Å². The van der Waals surface area contributed by atoms with Crippen molar-refractivity contribution < 1.29 is 24.4 Å². The van der Waals surface area contributed by atoms with Gasteiger partial charge in [-0.1, -0.05) is 0 Å². The second kappa shape index (κ2) is 6.67. The van der Waals surface area contributed by atoms with Gasteiger partial charge in [0.15, 0.2) is 0 Å². The molecule has 0 N–H and O–H groups in total. The average Bonchev–Trinajstić information content (AvgIpc) is 2.51. The predicted octanol–water partition coefficient (Wildman–Crippen LogP) is 4.06. The van der Waals surface area contributed by atoms with Gasteiger partial charge in [-0.15, -0.1) is 24.8 Å². The Morgan fingerprint density at radius 2 is 1.93 bits per heavy atom. The van der Waals surface area contributed by atoms with Crippen LogP contribution in [0.15, 0.2) is 39.7 Å². The first-order chi connectivity index (χ1) is 6.27. The molecule has 0 unspecified atom stereocenters. The van der Waals surface area contributed by atoms with Gasteiger partial charge in [-0.3, -0.25) is 0 Å². The quantitative estimate of drug-likeness (QED) is 0.617. The molecule has 0 saturated heterocycles. The van der Waals surface area contributed by atoms with Crippen LogP contribution in [0.1, 0.15) is 17.5 Å². The zero-order valence-corrected chi connectivity index (χ0v) is 13.7. The van der Waals surface area contributed by atoms with Crippen molar-refractivity contribution in [1.82, 2.24) is 0 Å². The number of benzene rings is 1. The Hall–Kier alpha value is 0.150. The molecular weight excluding hydrogens is 394 g/mol. The van der Waals surface area contributed by atoms with E-state index in [9.17, 15) is 0 Å². The van der Waals surface area contributed by atoms with Gasteiger partial charge in [-0.2, -0.15) is 0 Å². The van der Waals surface area contributed by atoms with Crippen LogP contribution in [0.2, 0.25) is 0 Å². The molecule has 0 bridgehead atoms. The summed E-state index contributed by atoms with van der Waals surface area (Å²) in [4.78, 5) is 0. The van der Waals surface area contributed by atoms with E-state index in [0.29, 0.717) is 0 Å². The Labute approximate surface area is 118 Å². The number of halogens is 2. The van der Waals surface area contributed by atoms with Crippen molar-refractivity contribution in [1.29, 1.82) is 0 Å². The first-order valence-corrected chi connectivity index (χ1v) is 6.25. The van der Waals surface area contributed by atoms with Crippen LogP contribution in [-0.2, 0) is 24.4 Å². The largest absolute Gasteiger partial charge is 0.147 e. The molecule has 1 aromatic carbocycles. The maximum absolute atomic E-state index is 2.27. The van der Waals surface area contributed by atoms with E-state index in [2.05, 4.69) is 43.3 Å². The van der Waals surface area contributed by atoms with E-state index in [1.54, 1.807) is 3.33 Å². The van der Waals surface area contributed by atoms with Gasteiger partial charge in [-0.05, 0) is 0 Å². The molecule has 0 spiro atoms. The molecule has 1 aromatic rings. The third kappa shape index (κ3) is 3.58. The summed E-state index contributed by atoms with van der Waals surface area (Å²) in [6.07, 6.45) is 5.70. The maximum Gasteiger partial charge on any atom is -0.147 e. The minimum atomic E-state index is 0. The SMILES string of the molecule is Cc1cccc(C2=[C]([Hf])CC=C2)c1.Cl.Cl. The van der Waals surface area contributed by atoms with Gasteiger partial charge in [0, 0.05) is 0 Å². The molecule has 1 aliphatic carbocycles. The van der Waals surface area contributed by atoms with Gasteiger partial charge in [0.05, 0.1) is 0 Å². The molecule has 0 radical (unpaired) electrons. The van der Waals surface area contributed by atoms with Crippen LogP contribution in [0.5, 0.6) is 0 Å². The summed E-state index contributed by atoms with van der Waals surface area (Å²) >= 11 is 1.19. The van der Waals surface area contributed by atoms with Gasteiger partial charge in [0.2, 0.25) is 0 Å². The molecule has 15 heavy (non-hydrogen) atoms. The van der Waals surface area contributed by atoms with Gasteiger partial charge in [0.1, 0.15) is 0 Å². The van der Waals surface area contributed by atoms with E-state index in [1.165, 1.54) is 47.5 Å². The summed E-state index contributed by atoms with van der Waals surface area (Å²) in [6.45, 7) is 2.15. The first-order valence-electron chi connectivity index (χ1n) is 4.46. The Balaban J connectivity index is 0.000000980. The van der Waals surface area contributed by atoms with Crippen LogP contribution < -0.4 is 0 Å². The van der Waals surface area contributed by atoms with E-state index in [4.69, 9.17) is 0 Å². The first kappa shape index (κ1) is 15.2. The van der Waals surface area contributed by atoms with Crippen molar-refractivity contribution in [3.05, 3.63) is 50.9 Å². The molecular formula is C12H13Cl2Hf. The van der Waals surface area contributed by atoms with Crippen LogP contribution in [-0.4, -0.2) is 0 Å². The minimum Gasteiger partial charge on any atom is -0.147 e. The van der Waals surface area contributed by atoms with E-state index in [-0.39, 0.29) is 24.8 Å². The maximum atomic E-state index is 2.27. The molecule has 79 valence electrons. The van der Waals surface area contributed by atoms with Crippen LogP contribution in [0.3, 0.4) is 0 Å². The normalized spacial score (nSPS) is 13.3. The Kier molecular flexibility index (Phi) is 6.74. The topological polar surface area (TPSA) is 0 Å². The van der Waals surface area contributed by atoms with Crippen molar-refractivity contribution in [3.63, 3.8) is 0 Å². The zero-order chi connectivity index (χ0) is 9.26. The monoisotopic (exact) mass is 407 g/mol. The number of rotatable bonds is 1. The van der Waals surface area contributed by atoms with Gasteiger partial charge < -0.3 is 0 Å². The summed E-state index contributed by atoms with van der Waals surface area (Å²) in [5.41, 5.74) is 4.20. The fourth-order valence-corrected chi connectivity index (χ4v) is 2.83. The van der Waals surface area contributed by atoms with Crippen molar-refractivity contribution in [2.24, 2.45) is 0 Å². The molecule has 2 rings (SSSR count). The third-order valence-electron chi connectivity index (χ3n) is 2.26. The zero-order valence-electron chi connectivity index (χ0n) is 8.49. The fraction of sp³-hybridized carbons (Fsp3) is 0.167. The molecule has 0 amide bonds. The van der Waals surface area contributed by atoms with Crippen molar-refractivity contribution in [2.45, 2.75) is 13.3 Å². The predicted molar refractivity (Wildman–Crippen MR) is 66.4 cm³/mol. The minimum absolute atomic E-state index is 0. The second-order valence-electron chi connectivity index (χ2n) is 3.37. The van der Waals surface area contributed by atoms with E-state index < -0.39 is 0 Å². The molecule has 0 aromatic heterocycles. The molecule has 3 heteroatoms. The number of hydrogen-bond donors (Lipinski definition) is 0. The summed E-state index contributed by atoms with van der Waals surface area (Å²) in [5.74, 6) is 0. The number of hydrogen-bond acceptors (Lipinski definition) is 0. The van der Waals surface area contributed by atoms with Gasteiger partial charge in [-0.25, -0.2) is 0 Å². The van der Waals surface area contributed by atoms with E-state index in [0.717, 1.165) is 0 Å². The van der Waals surface area contributed by atoms with Crippen molar-refractivity contribution in [3.8, 4) is 0 Å². The number of aryl methyl sites for hydroxylation is 1. The van der Waals surface area contributed by atoms with Crippen LogP contribution in [0.4, 0.5) is 0 Å². The summed E-state index contributed by atoms with van der Waals surface area (Å²) in [7, 11) is 0. The van der Waals surface area contributed by atoms with Crippen molar-refractivity contribution >= 4 is 30.4 Å². The van der Waals surface area contributed by atoms with Gasteiger partial charge >= 0.3 is 94.2 Å². The van der Waals surface area contributed by atoms with Gasteiger partial charge in [0.25, 0.3) is 0 Å². The Bertz CT molecular complexity index is 394. The Morgan fingerprint density at radius 3 is 2.47 bits per heavy atom. The standard InChI is InChI=1S/C12H11.2ClH.Hf/c1-10-5-4-8-12(9-10)11-6-2-3-7-11;;;/h2,4-6,8-9H,3H2,1H3;2*1H;. The molecule has 0 atom stereocenters. The second-order valence-corrected chi connectivity index (χ2v) is 5.54. The molecule has 0 nitrogen and oxygen atoms in total. The van der Waals surface area contributed by atoms with Crippen LogP contribution in [0, 0.1) is 6.92 Å². The molecule has 1 aliphatic rings. The Morgan fingerprint density at radius 1 is 1.20 bits per heavy atom. The fourth-order valence-electron chi connectivity index (χ4n) is 1.59. The smallest absolute Gasteiger partial charge is 0.147 e. The van der Waals surface area contributed by atoms with Crippen molar-refractivity contribution in [2.75, 3.05) is 0 Å².